The number of nitrogens with zero attached hydrogens (tertiary/aromatic N) is 3. The van der Waals surface area contributed by atoms with E-state index in [9.17, 15) is 9.59 Å². The van der Waals surface area contributed by atoms with E-state index in [0.29, 0.717) is 29.6 Å². The van der Waals surface area contributed by atoms with E-state index in [4.69, 9.17) is 0 Å². The topological polar surface area (TPSA) is 91.0 Å². The van der Waals surface area contributed by atoms with E-state index in [0.717, 1.165) is 24.1 Å². The third-order valence-electron chi connectivity index (χ3n) is 5.13. The van der Waals surface area contributed by atoms with E-state index >= 15 is 0 Å². The fourth-order valence-corrected chi connectivity index (χ4v) is 4.36. The van der Waals surface area contributed by atoms with Crippen LogP contribution in [0.3, 0.4) is 0 Å². The van der Waals surface area contributed by atoms with E-state index < -0.39 is 0 Å². The Morgan fingerprint density at radius 1 is 1.13 bits per heavy atom. The van der Waals surface area contributed by atoms with E-state index in [1.165, 1.54) is 18.1 Å². The van der Waals surface area contributed by atoms with Gasteiger partial charge in [0.2, 0.25) is 5.91 Å². The minimum Gasteiger partial charge on any atom is -0.338 e. The highest BCUT2D eigenvalue weighted by Crippen LogP contribution is 2.25. The van der Waals surface area contributed by atoms with Gasteiger partial charge >= 0.3 is 0 Å². The molecule has 1 atom stereocenters. The van der Waals surface area contributed by atoms with Crippen LogP contribution < -0.4 is 5.32 Å². The summed E-state index contributed by atoms with van der Waals surface area (Å²) in [6.07, 6.45) is 3.06. The molecule has 0 saturated carbocycles. The van der Waals surface area contributed by atoms with Gasteiger partial charge in [-0.05, 0) is 36.6 Å². The van der Waals surface area contributed by atoms with Gasteiger partial charge in [0.05, 0.1) is 5.92 Å². The molecule has 0 spiro atoms. The number of anilines is 1. The standard InChI is InChI=1S/C22H23N5O2S/c28-20(25-18-9-2-1-3-10-18)16-8-6-12-27(13-16)21(29)19-11-5-4-7-17(19)14-30-22-23-15-24-26-22/h1-5,7,9-11,15-16H,6,8,12-14H2,(H,25,28)(H,23,24,26). The molecular weight excluding hydrogens is 398 g/mol. The number of nitrogens with one attached hydrogen (secondary N) is 2. The van der Waals surface area contributed by atoms with Gasteiger partial charge in [-0.25, -0.2) is 4.98 Å². The molecule has 1 aromatic heterocycles. The first-order chi connectivity index (χ1) is 14.7. The summed E-state index contributed by atoms with van der Waals surface area (Å²) < 4.78 is 0. The average molecular weight is 422 g/mol. The van der Waals surface area contributed by atoms with Crippen molar-refractivity contribution in [1.82, 2.24) is 20.1 Å². The maximum absolute atomic E-state index is 13.3. The molecule has 8 heteroatoms. The van der Waals surface area contributed by atoms with Crippen LogP contribution in [0.25, 0.3) is 0 Å². The zero-order chi connectivity index (χ0) is 20.8. The number of likely N-dealkylation sites (tertiary alicyclic amines) is 1. The van der Waals surface area contributed by atoms with Crippen LogP contribution in [-0.4, -0.2) is 45.0 Å². The van der Waals surface area contributed by atoms with Crippen molar-refractivity contribution in [3.8, 4) is 0 Å². The molecule has 1 unspecified atom stereocenters. The number of thioether (sulfide) groups is 1. The molecule has 1 aliphatic rings. The molecule has 2 aromatic carbocycles. The number of hydrogen-bond donors (Lipinski definition) is 2. The van der Waals surface area contributed by atoms with Crippen molar-refractivity contribution in [3.63, 3.8) is 0 Å². The minimum atomic E-state index is -0.210. The molecule has 1 saturated heterocycles. The molecule has 30 heavy (non-hydrogen) atoms. The quantitative estimate of drug-likeness (QED) is 0.594. The van der Waals surface area contributed by atoms with Crippen molar-refractivity contribution < 1.29 is 9.59 Å². The fourth-order valence-electron chi connectivity index (χ4n) is 3.58. The first-order valence-corrected chi connectivity index (χ1v) is 10.9. The van der Waals surface area contributed by atoms with Gasteiger partial charge in [-0.2, -0.15) is 5.10 Å². The van der Waals surface area contributed by atoms with Crippen molar-refractivity contribution in [1.29, 1.82) is 0 Å². The smallest absolute Gasteiger partial charge is 0.254 e. The van der Waals surface area contributed by atoms with Crippen molar-refractivity contribution in [3.05, 3.63) is 72.1 Å². The predicted molar refractivity (Wildman–Crippen MR) is 116 cm³/mol. The lowest BCUT2D eigenvalue weighted by atomic mass is 9.96. The predicted octanol–water partition coefficient (Wildman–Crippen LogP) is 3.59. The Labute approximate surface area is 179 Å². The van der Waals surface area contributed by atoms with Gasteiger partial charge in [-0.3, -0.25) is 14.7 Å². The largest absolute Gasteiger partial charge is 0.338 e. The number of carbonyl (C=O) groups is 2. The lowest BCUT2D eigenvalue weighted by molar-refractivity contribution is -0.121. The molecule has 3 aromatic rings. The van der Waals surface area contributed by atoms with Gasteiger partial charge in [-0.15, -0.1) is 0 Å². The number of rotatable bonds is 6. The summed E-state index contributed by atoms with van der Waals surface area (Å²) in [6, 6.07) is 17.0. The number of hydrogen-bond acceptors (Lipinski definition) is 5. The number of carbonyl (C=O) groups excluding carboxylic acids is 2. The Hall–Kier alpha value is -3.13. The van der Waals surface area contributed by atoms with E-state index in [1.54, 1.807) is 4.90 Å². The third-order valence-corrected chi connectivity index (χ3v) is 6.05. The lowest BCUT2D eigenvalue weighted by Crippen LogP contribution is -2.44. The molecule has 2 heterocycles. The number of para-hydroxylation sites is 1. The maximum atomic E-state index is 13.3. The summed E-state index contributed by atoms with van der Waals surface area (Å²) in [6.45, 7) is 1.10. The average Bonchev–Trinajstić information content (AvgIpc) is 3.32. The molecule has 0 bridgehead atoms. The molecule has 0 aliphatic carbocycles. The second-order valence-corrected chi connectivity index (χ2v) is 8.15. The molecule has 154 valence electrons. The van der Waals surface area contributed by atoms with E-state index in [-0.39, 0.29) is 17.7 Å². The second-order valence-electron chi connectivity index (χ2n) is 7.18. The first kappa shape index (κ1) is 20.2. The van der Waals surface area contributed by atoms with Crippen LogP contribution in [0, 0.1) is 5.92 Å². The number of amides is 2. The normalized spacial score (nSPS) is 16.3. The molecule has 1 fully saturated rings. The van der Waals surface area contributed by atoms with Crippen LogP contribution in [-0.2, 0) is 10.5 Å². The van der Waals surface area contributed by atoms with Crippen LogP contribution in [0.5, 0.6) is 0 Å². The van der Waals surface area contributed by atoms with Gasteiger partial charge in [0.1, 0.15) is 6.33 Å². The van der Waals surface area contributed by atoms with Crippen LogP contribution in [0.2, 0.25) is 0 Å². The molecular formula is C22H23N5O2S. The van der Waals surface area contributed by atoms with Gasteiger partial charge in [0, 0.05) is 30.1 Å². The number of aromatic amines is 1. The highest BCUT2D eigenvalue weighted by molar-refractivity contribution is 7.98. The molecule has 4 rings (SSSR count). The molecule has 2 N–H and O–H groups in total. The summed E-state index contributed by atoms with van der Waals surface area (Å²) in [5.74, 6) is 0.343. The summed E-state index contributed by atoms with van der Waals surface area (Å²) in [5, 5.41) is 10.3. The molecule has 2 amide bonds. The van der Waals surface area contributed by atoms with Crippen molar-refractivity contribution in [2.24, 2.45) is 5.92 Å². The number of aromatic nitrogens is 3. The van der Waals surface area contributed by atoms with Crippen molar-refractivity contribution in [2.45, 2.75) is 23.8 Å². The highest BCUT2D eigenvalue weighted by Gasteiger charge is 2.29. The zero-order valence-corrected chi connectivity index (χ0v) is 17.3. The maximum Gasteiger partial charge on any atom is 0.254 e. The van der Waals surface area contributed by atoms with Crippen LogP contribution in [0.4, 0.5) is 5.69 Å². The Morgan fingerprint density at radius 2 is 1.93 bits per heavy atom. The summed E-state index contributed by atoms with van der Waals surface area (Å²) in [4.78, 5) is 31.9. The minimum absolute atomic E-state index is 0.0269. The molecule has 0 radical (unpaired) electrons. The summed E-state index contributed by atoms with van der Waals surface area (Å²) in [5.41, 5.74) is 2.40. The Bertz CT molecular complexity index is 994. The highest BCUT2D eigenvalue weighted by atomic mass is 32.2. The van der Waals surface area contributed by atoms with Gasteiger partial charge < -0.3 is 10.2 Å². The fraction of sp³-hybridized carbons (Fsp3) is 0.273. The lowest BCUT2D eigenvalue weighted by Gasteiger charge is -2.32. The summed E-state index contributed by atoms with van der Waals surface area (Å²) >= 11 is 1.50. The van der Waals surface area contributed by atoms with Crippen LogP contribution >= 0.6 is 11.8 Å². The number of benzene rings is 2. The van der Waals surface area contributed by atoms with Crippen molar-refractivity contribution >= 4 is 29.3 Å². The number of piperidine rings is 1. The van der Waals surface area contributed by atoms with Gasteiger partial charge in [-0.1, -0.05) is 48.2 Å². The van der Waals surface area contributed by atoms with Crippen molar-refractivity contribution in [2.75, 3.05) is 18.4 Å². The SMILES string of the molecule is O=C(Nc1ccccc1)C1CCCN(C(=O)c2ccccc2CSc2ncn[nH]2)C1. The van der Waals surface area contributed by atoms with E-state index in [1.807, 2.05) is 54.6 Å². The zero-order valence-electron chi connectivity index (χ0n) is 16.5. The Morgan fingerprint density at radius 3 is 2.73 bits per heavy atom. The van der Waals surface area contributed by atoms with Crippen LogP contribution in [0.15, 0.2) is 66.1 Å². The van der Waals surface area contributed by atoms with Gasteiger partial charge in [0.25, 0.3) is 5.91 Å². The molecule has 1 aliphatic heterocycles. The number of H-pyrrole nitrogens is 1. The summed E-state index contributed by atoms with van der Waals surface area (Å²) in [7, 11) is 0. The first-order valence-electron chi connectivity index (χ1n) is 9.92. The third kappa shape index (κ3) is 4.88. The Kier molecular flexibility index (Phi) is 6.44. The molecule has 7 nitrogen and oxygen atoms in total. The van der Waals surface area contributed by atoms with Crippen LogP contribution in [0.1, 0.15) is 28.8 Å². The monoisotopic (exact) mass is 421 g/mol. The van der Waals surface area contributed by atoms with Gasteiger partial charge in [0.15, 0.2) is 5.16 Å². The Balaban J connectivity index is 1.42. The second kappa shape index (κ2) is 9.58. The van der Waals surface area contributed by atoms with E-state index in [2.05, 4.69) is 20.5 Å².